The minimum absolute atomic E-state index is 0.0278. The lowest BCUT2D eigenvalue weighted by Gasteiger charge is -2.17. The number of ether oxygens (including phenoxy) is 4. The van der Waals surface area contributed by atoms with E-state index >= 15 is 0 Å². The van der Waals surface area contributed by atoms with Crippen LogP contribution in [0, 0.1) is 0 Å². The van der Waals surface area contributed by atoms with Crippen molar-refractivity contribution < 1.29 is 33.3 Å². The van der Waals surface area contributed by atoms with E-state index in [1.165, 1.54) is 0 Å². The number of hydrogen-bond donors (Lipinski definition) is 0. The Kier molecular flexibility index (Phi) is 11.2. The molecule has 0 saturated carbocycles. The zero-order valence-corrected chi connectivity index (χ0v) is 12.9. The Balaban J connectivity index is 4.10. The first-order valence-corrected chi connectivity index (χ1v) is 7.11. The Labute approximate surface area is 124 Å². The highest BCUT2D eigenvalue weighted by atomic mass is 16.7. The summed E-state index contributed by atoms with van der Waals surface area (Å²) >= 11 is 0. The van der Waals surface area contributed by atoms with Crippen molar-refractivity contribution in [1.82, 2.24) is 0 Å². The van der Waals surface area contributed by atoms with Crippen molar-refractivity contribution in [2.75, 3.05) is 20.0 Å². The molecule has 0 heterocycles. The number of rotatable bonds is 11. The molecule has 0 aliphatic rings. The zero-order chi connectivity index (χ0) is 16.1. The topological polar surface area (TPSA) is 88.1 Å². The van der Waals surface area contributed by atoms with Gasteiger partial charge in [0.05, 0.1) is 12.7 Å². The Hall–Kier alpha value is -1.63. The maximum atomic E-state index is 11.1. The van der Waals surface area contributed by atoms with Gasteiger partial charge in [-0.25, -0.2) is 0 Å². The molecule has 0 aliphatic carbocycles. The lowest BCUT2D eigenvalue weighted by atomic mass is 10.3. The van der Waals surface area contributed by atoms with Gasteiger partial charge in [0.2, 0.25) is 0 Å². The van der Waals surface area contributed by atoms with Crippen LogP contribution >= 0.6 is 0 Å². The Morgan fingerprint density at radius 2 is 1.33 bits per heavy atom. The Bertz CT molecular complexity index is 305. The molecule has 0 aromatic rings. The predicted octanol–water partition coefficient (Wildman–Crippen LogP) is 1.58. The molecular formula is C14H24O7. The second-order valence-electron chi connectivity index (χ2n) is 4.18. The monoisotopic (exact) mass is 304 g/mol. The maximum Gasteiger partial charge on any atom is 0.307 e. The highest BCUT2D eigenvalue weighted by molar-refractivity contribution is 5.69. The molecule has 7 nitrogen and oxygen atoms in total. The molecule has 0 saturated heterocycles. The summed E-state index contributed by atoms with van der Waals surface area (Å²) in [6.45, 7) is 5.02. The fourth-order valence-electron chi connectivity index (χ4n) is 1.21. The smallest absolute Gasteiger partial charge is 0.307 e. The van der Waals surface area contributed by atoms with Crippen molar-refractivity contribution in [3.05, 3.63) is 0 Å². The molecule has 0 unspecified atom stereocenters. The molecule has 0 aromatic heterocycles. The second-order valence-corrected chi connectivity index (χ2v) is 4.18. The van der Waals surface area contributed by atoms with Crippen LogP contribution in [-0.2, 0) is 33.3 Å². The third-order valence-electron chi connectivity index (χ3n) is 2.52. The summed E-state index contributed by atoms with van der Waals surface area (Å²) in [4.78, 5) is 33.1. The van der Waals surface area contributed by atoms with Gasteiger partial charge in [0, 0.05) is 25.7 Å². The predicted molar refractivity (Wildman–Crippen MR) is 73.2 cm³/mol. The van der Waals surface area contributed by atoms with Crippen LogP contribution in [0.3, 0.4) is 0 Å². The van der Waals surface area contributed by atoms with Crippen molar-refractivity contribution in [2.45, 2.75) is 52.6 Å². The quantitative estimate of drug-likeness (QED) is 0.325. The average Bonchev–Trinajstić information content (AvgIpc) is 2.50. The minimum Gasteiger partial charge on any atom is -0.466 e. The minimum atomic E-state index is -0.491. The van der Waals surface area contributed by atoms with Gasteiger partial charge in [0.1, 0.15) is 6.61 Å². The van der Waals surface area contributed by atoms with E-state index in [0.29, 0.717) is 12.8 Å². The van der Waals surface area contributed by atoms with Crippen LogP contribution < -0.4 is 0 Å². The van der Waals surface area contributed by atoms with Crippen LogP contribution in [0.4, 0.5) is 0 Å². The van der Waals surface area contributed by atoms with Gasteiger partial charge >= 0.3 is 17.9 Å². The van der Waals surface area contributed by atoms with E-state index in [4.69, 9.17) is 18.9 Å². The summed E-state index contributed by atoms with van der Waals surface area (Å²) < 4.78 is 20.0. The highest BCUT2D eigenvalue weighted by Gasteiger charge is 2.14. The van der Waals surface area contributed by atoms with Crippen LogP contribution in [0.5, 0.6) is 0 Å². The van der Waals surface area contributed by atoms with Gasteiger partial charge < -0.3 is 18.9 Å². The first-order valence-electron chi connectivity index (χ1n) is 7.11. The van der Waals surface area contributed by atoms with Gasteiger partial charge in [0.15, 0.2) is 6.79 Å². The fraction of sp³-hybridized carbons (Fsp3) is 0.786. The van der Waals surface area contributed by atoms with E-state index < -0.39 is 6.10 Å². The summed E-state index contributed by atoms with van der Waals surface area (Å²) in [5.74, 6) is -1.03. The SMILES string of the molecule is CCC(=O)OCC[C@H](COC(=O)CC)OCOC(=O)CC. The number of esters is 3. The van der Waals surface area contributed by atoms with Crippen molar-refractivity contribution in [2.24, 2.45) is 0 Å². The number of carbonyl (C=O) groups excluding carboxylic acids is 3. The van der Waals surface area contributed by atoms with Gasteiger partial charge in [-0.3, -0.25) is 14.4 Å². The fourth-order valence-corrected chi connectivity index (χ4v) is 1.21. The largest absolute Gasteiger partial charge is 0.466 e. The summed E-state index contributed by atoms with van der Waals surface area (Å²) in [7, 11) is 0. The van der Waals surface area contributed by atoms with Gasteiger partial charge in [-0.05, 0) is 0 Å². The van der Waals surface area contributed by atoms with Crippen molar-refractivity contribution >= 4 is 17.9 Å². The normalized spacial score (nSPS) is 11.6. The molecule has 0 rings (SSSR count). The molecule has 0 aromatic carbocycles. The molecule has 0 aliphatic heterocycles. The van der Waals surface area contributed by atoms with Crippen molar-refractivity contribution in [3.63, 3.8) is 0 Å². The van der Waals surface area contributed by atoms with Crippen molar-refractivity contribution in [1.29, 1.82) is 0 Å². The van der Waals surface area contributed by atoms with E-state index in [-0.39, 0.29) is 50.8 Å². The Morgan fingerprint density at radius 1 is 0.810 bits per heavy atom. The molecule has 0 fully saturated rings. The summed E-state index contributed by atoms with van der Waals surface area (Å²) in [6, 6.07) is 0. The zero-order valence-electron chi connectivity index (χ0n) is 12.9. The summed E-state index contributed by atoms with van der Waals surface area (Å²) in [5, 5.41) is 0. The van der Waals surface area contributed by atoms with Crippen LogP contribution in [0.25, 0.3) is 0 Å². The van der Waals surface area contributed by atoms with Crippen LogP contribution in [0.1, 0.15) is 46.5 Å². The van der Waals surface area contributed by atoms with Gasteiger partial charge in [0.25, 0.3) is 0 Å². The lowest BCUT2D eigenvalue weighted by Crippen LogP contribution is -2.26. The third kappa shape index (κ3) is 10.8. The summed E-state index contributed by atoms with van der Waals surface area (Å²) in [5.41, 5.74) is 0. The van der Waals surface area contributed by atoms with E-state index in [9.17, 15) is 14.4 Å². The van der Waals surface area contributed by atoms with Crippen LogP contribution in [0.15, 0.2) is 0 Å². The molecule has 0 N–H and O–H groups in total. The van der Waals surface area contributed by atoms with Gasteiger partial charge in [-0.2, -0.15) is 0 Å². The second kappa shape index (κ2) is 12.1. The highest BCUT2D eigenvalue weighted by Crippen LogP contribution is 2.03. The standard InChI is InChI=1S/C14H24O7/c1-4-12(15)18-8-7-11(9-19-13(16)5-2)20-10-21-14(17)6-3/h11H,4-10H2,1-3H3/t11-/m1/s1. The molecule has 122 valence electrons. The molecule has 21 heavy (non-hydrogen) atoms. The molecule has 1 atom stereocenters. The van der Waals surface area contributed by atoms with Crippen LogP contribution in [-0.4, -0.2) is 44.0 Å². The van der Waals surface area contributed by atoms with Gasteiger partial charge in [-0.1, -0.05) is 20.8 Å². The lowest BCUT2D eigenvalue weighted by molar-refractivity contribution is -0.169. The first kappa shape index (κ1) is 19.4. The van der Waals surface area contributed by atoms with Gasteiger partial charge in [-0.15, -0.1) is 0 Å². The number of hydrogen-bond acceptors (Lipinski definition) is 7. The van der Waals surface area contributed by atoms with E-state index in [1.807, 2.05) is 0 Å². The average molecular weight is 304 g/mol. The summed E-state index contributed by atoms with van der Waals surface area (Å²) in [6.07, 6.45) is 0.682. The molecule has 0 bridgehead atoms. The molecule has 0 amide bonds. The number of carbonyl (C=O) groups is 3. The van der Waals surface area contributed by atoms with E-state index in [1.54, 1.807) is 20.8 Å². The van der Waals surface area contributed by atoms with E-state index in [2.05, 4.69) is 0 Å². The molecule has 7 heteroatoms. The Morgan fingerprint density at radius 3 is 1.90 bits per heavy atom. The molecular weight excluding hydrogens is 280 g/mol. The molecule has 0 radical (unpaired) electrons. The van der Waals surface area contributed by atoms with Crippen LogP contribution in [0.2, 0.25) is 0 Å². The van der Waals surface area contributed by atoms with Crippen molar-refractivity contribution in [3.8, 4) is 0 Å². The molecule has 0 spiro atoms. The third-order valence-corrected chi connectivity index (χ3v) is 2.52. The maximum absolute atomic E-state index is 11.1. The first-order chi connectivity index (χ1) is 10.0. The van der Waals surface area contributed by atoms with E-state index in [0.717, 1.165) is 0 Å².